The first-order valence-corrected chi connectivity index (χ1v) is 9.30. The first-order valence-electron chi connectivity index (χ1n) is 7.48. The van der Waals surface area contributed by atoms with Crippen molar-refractivity contribution in [2.75, 3.05) is 5.75 Å². The third-order valence-electron chi connectivity index (χ3n) is 4.13. The molecular weight excluding hydrogens is 272 g/mol. The van der Waals surface area contributed by atoms with E-state index in [1.807, 2.05) is 0 Å². The van der Waals surface area contributed by atoms with Gasteiger partial charge < -0.3 is 5.11 Å². The fourth-order valence-electron chi connectivity index (χ4n) is 2.96. The van der Waals surface area contributed by atoms with Crippen LogP contribution in [0.2, 0.25) is 0 Å². The molecule has 1 aliphatic rings. The van der Waals surface area contributed by atoms with Crippen LogP contribution in [-0.2, 0) is 22.2 Å². The van der Waals surface area contributed by atoms with Crippen LogP contribution < -0.4 is 0 Å². The van der Waals surface area contributed by atoms with Crippen molar-refractivity contribution in [1.29, 1.82) is 0 Å². The Balaban J connectivity index is 1.79. The van der Waals surface area contributed by atoms with E-state index in [0.29, 0.717) is 5.75 Å². The lowest BCUT2D eigenvalue weighted by molar-refractivity contribution is 0.282. The van der Waals surface area contributed by atoms with Gasteiger partial charge in [0.2, 0.25) is 0 Å². The van der Waals surface area contributed by atoms with Crippen LogP contribution in [0.15, 0.2) is 24.3 Å². The molecule has 20 heavy (non-hydrogen) atoms. The highest BCUT2D eigenvalue weighted by atomic mass is 32.2. The van der Waals surface area contributed by atoms with Crippen LogP contribution in [0.4, 0.5) is 0 Å². The Hall–Kier alpha value is -0.870. The Bertz CT molecular complexity index is 499. The van der Waals surface area contributed by atoms with Crippen molar-refractivity contribution < 1.29 is 13.5 Å². The van der Waals surface area contributed by atoms with Gasteiger partial charge in [0, 0.05) is 0 Å². The first kappa shape index (κ1) is 15.5. The maximum Gasteiger partial charge on any atom is 0.154 e. The van der Waals surface area contributed by atoms with E-state index < -0.39 is 9.84 Å². The molecule has 3 nitrogen and oxygen atoms in total. The van der Waals surface area contributed by atoms with E-state index in [1.54, 1.807) is 24.3 Å². The van der Waals surface area contributed by atoms with Crippen molar-refractivity contribution in [3.63, 3.8) is 0 Å². The van der Waals surface area contributed by atoms with Crippen molar-refractivity contribution in [3.8, 4) is 0 Å². The smallest absolute Gasteiger partial charge is 0.154 e. The van der Waals surface area contributed by atoms with Crippen LogP contribution in [0, 0.1) is 5.92 Å². The second-order valence-corrected chi connectivity index (χ2v) is 8.04. The largest absolute Gasteiger partial charge is 0.392 e. The van der Waals surface area contributed by atoms with Crippen LogP contribution in [-0.4, -0.2) is 19.3 Å². The second kappa shape index (κ2) is 7.23. The van der Waals surface area contributed by atoms with Crippen molar-refractivity contribution >= 4 is 9.84 Å². The number of benzene rings is 1. The highest BCUT2D eigenvalue weighted by Gasteiger charge is 2.17. The maximum absolute atomic E-state index is 12.1. The lowest BCUT2D eigenvalue weighted by Crippen LogP contribution is -2.10. The van der Waals surface area contributed by atoms with Crippen molar-refractivity contribution in [2.45, 2.75) is 50.9 Å². The summed E-state index contributed by atoms with van der Waals surface area (Å²) < 4.78 is 24.2. The van der Waals surface area contributed by atoms with Crippen LogP contribution in [0.3, 0.4) is 0 Å². The molecule has 0 atom stereocenters. The Morgan fingerprint density at radius 3 is 2.25 bits per heavy atom. The third-order valence-corrected chi connectivity index (χ3v) is 5.82. The molecule has 0 amide bonds. The minimum Gasteiger partial charge on any atom is -0.392 e. The summed E-state index contributed by atoms with van der Waals surface area (Å²) in [5.41, 5.74) is 1.62. The molecule has 0 bridgehead atoms. The molecule has 1 aromatic carbocycles. The topological polar surface area (TPSA) is 54.4 Å². The molecule has 4 heteroatoms. The maximum atomic E-state index is 12.1. The molecule has 0 spiro atoms. The van der Waals surface area contributed by atoms with E-state index in [0.717, 1.165) is 29.9 Å². The standard InChI is InChI=1S/C16H24O3S/c17-12-15-7-9-16(10-8-15)13-20(18,19)11-3-6-14-4-1-2-5-14/h7-10,14,17H,1-6,11-13H2. The molecule has 1 aliphatic carbocycles. The van der Waals surface area contributed by atoms with Crippen LogP contribution in [0.25, 0.3) is 0 Å². The highest BCUT2D eigenvalue weighted by Crippen LogP contribution is 2.28. The fraction of sp³-hybridized carbons (Fsp3) is 0.625. The van der Waals surface area contributed by atoms with Gasteiger partial charge in [0.15, 0.2) is 9.84 Å². The van der Waals surface area contributed by atoms with Gasteiger partial charge in [-0.2, -0.15) is 0 Å². The SMILES string of the molecule is O=S(=O)(CCCC1CCCC1)Cc1ccc(CO)cc1. The number of hydrogen-bond donors (Lipinski definition) is 1. The zero-order chi connectivity index (χ0) is 14.4. The molecular formula is C16H24O3S. The summed E-state index contributed by atoms with van der Waals surface area (Å²) in [4.78, 5) is 0. The molecule has 0 aliphatic heterocycles. The van der Waals surface area contributed by atoms with Crippen molar-refractivity contribution in [2.24, 2.45) is 5.92 Å². The summed E-state index contributed by atoms with van der Waals surface area (Å²) in [6.45, 7) is -0.00554. The average Bonchev–Trinajstić information content (AvgIpc) is 2.92. The molecule has 0 heterocycles. The minimum absolute atomic E-state index is 0.00554. The number of rotatable bonds is 7. The highest BCUT2D eigenvalue weighted by molar-refractivity contribution is 7.90. The number of sulfone groups is 1. The van der Waals surface area contributed by atoms with Crippen molar-refractivity contribution in [1.82, 2.24) is 0 Å². The van der Waals surface area contributed by atoms with Gasteiger partial charge in [0.1, 0.15) is 0 Å². The lowest BCUT2D eigenvalue weighted by Gasteiger charge is -2.09. The van der Waals surface area contributed by atoms with Crippen LogP contribution in [0.5, 0.6) is 0 Å². The average molecular weight is 296 g/mol. The molecule has 1 N–H and O–H groups in total. The molecule has 1 saturated carbocycles. The predicted molar refractivity (Wildman–Crippen MR) is 81.0 cm³/mol. The number of hydrogen-bond acceptors (Lipinski definition) is 3. The molecule has 112 valence electrons. The summed E-state index contributed by atoms with van der Waals surface area (Å²) in [6, 6.07) is 7.15. The van der Waals surface area contributed by atoms with Crippen LogP contribution >= 0.6 is 0 Å². The molecule has 2 rings (SSSR count). The summed E-state index contributed by atoms with van der Waals surface area (Å²) in [7, 11) is -3.01. The van der Waals surface area contributed by atoms with Gasteiger partial charge >= 0.3 is 0 Å². The fourth-order valence-corrected chi connectivity index (χ4v) is 4.41. The summed E-state index contributed by atoms with van der Waals surface area (Å²) in [5.74, 6) is 1.17. The summed E-state index contributed by atoms with van der Waals surface area (Å²) >= 11 is 0. The second-order valence-electron chi connectivity index (χ2n) is 5.86. The van der Waals surface area contributed by atoms with Crippen LogP contribution in [0.1, 0.15) is 49.7 Å². The molecule has 0 saturated heterocycles. The Morgan fingerprint density at radius 2 is 1.65 bits per heavy atom. The van der Waals surface area contributed by atoms with Gasteiger partial charge in [-0.3, -0.25) is 0 Å². The molecule has 0 aromatic heterocycles. The van der Waals surface area contributed by atoms with E-state index >= 15 is 0 Å². The van der Waals surface area contributed by atoms with Gasteiger partial charge in [0.05, 0.1) is 18.1 Å². The van der Waals surface area contributed by atoms with Gasteiger partial charge in [-0.25, -0.2) is 8.42 Å². The van der Waals surface area contributed by atoms with Crippen molar-refractivity contribution in [3.05, 3.63) is 35.4 Å². The summed E-state index contributed by atoms with van der Waals surface area (Å²) in [6.07, 6.45) is 7.04. The lowest BCUT2D eigenvalue weighted by atomic mass is 10.0. The third kappa shape index (κ3) is 4.91. The van der Waals surface area contributed by atoms with E-state index in [1.165, 1.54) is 25.7 Å². The van der Waals surface area contributed by atoms with Gasteiger partial charge in [0.25, 0.3) is 0 Å². The number of aliphatic hydroxyl groups excluding tert-OH is 1. The monoisotopic (exact) mass is 296 g/mol. The first-order chi connectivity index (χ1) is 9.59. The zero-order valence-corrected chi connectivity index (χ0v) is 12.7. The molecule has 1 aromatic rings. The Labute approximate surface area is 121 Å². The van der Waals surface area contributed by atoms with E-state index in [-0.39, 0.29) is 12.4 Å². The molecule has 0 unspecified atom stereocenters. The normalized spacial score (nSPS) is 16.6. The minimum atomic E-state index is -3.01. The Kier molecular flexibility index (Phi) is 5.61. The molecule has 1 fully saturated rings. The summed E-state index contributed by atoms with van der Waals surface area (Å²) in [5, 5.41) is 8.96. The van der Waals surface area contributed by atoms with Gasteiger partial charge in [-0.15, -0.1) is 0 Å². The van der Waals surface area contributed by atoms with Gasteiger partial charge in [-0.1, -0.05) is 49.9 Å². The van der Waals surface area contributed by atoms with E-state index in [9.17, 15) is 8.42 Å². The van der Waals surface area contributed by atoms with E-state index in [4.69, 9.17) is 5.11 Å². The van der Waals surface area contributed by atoms with E-state index in [2.05, 4.69) is 0 Å². The molecule has 0 radical (unpaired) electrons. The quantitative estimate of drug-likeness (QED) is 0.841. The Morgan fingerprint density at radius 1 is 1.05 bits per heavy atom. The number of aliphatic hydroxyl groups is 1. The zero-order valence-electron chi connectivity index (χ0n) is 11.9. The predicted octanol–water partition coefficient (Wildman–Crippen LogP) is 3.06. The van der Waals surface area contributed by atoms with Gasteiger partial charge in [-0.05, 0) is 29.9 Å².